The minimum atomic E-state index is -3.61. The van der Waals surface area contributed by atoms with Gasteiger partial charge in [0.15, 0.2) is 13.3 Å². The van der Waals surface area contributed by atoms with Crippen molar-refractivity contribution in [3.8, 4) is 0 Å². The number of aromatic nitrogens is 2. The molecule has 0 aromatic carbocycles. The van der Waals surface area contributed by atoms with Crippen LogP contribution in [0.2, 0.25) is 36.3 Å². The summed E-state index contributed by atoms with van der Waals surface area (Å²) in [7, 11) is -7.61. The molecule has 0 bridgehead atoms. The third-order valence-electron chi connectivity index (χ3n) is 5.75. The van der Waals surface area contributed by atoms with Gasteiger partial charge >= 0.3 is 0 Å². The van der Waals surface area contributed by atoms with Crippen molar-refractivity contribution in [1.82, 2.24) is 14.2 Å². The number of nitrogens with zero attached hydrogens (tertiary/aromatic N) is 2. The highest BCUT2D eigenvalue weighted by Gasteiger charge is 2.40. The van der Waals surface area contributed by atoms with Crippen molar-refractivity contribution in [1.29, 1.82) is 0 Å². The van der Waals surface area contributed by atoms with Gasteiger partial charge in [0.05, 0.1) is 13.2 Å². The van der Waals surface area contributed by atoms with Crippen molar-refractivity contribution in [2.75, 3.05) is 6.61 Å². The van der Waals surface area contributed by atoms with E-state index >= 15 is 0 Å². The minimum absolute atomic E-state index is 0.0784. The molecule has 0 atom stereocenters. The van der Waals surface area contributed by atoms with E-state index in [1.165, 1.54) is 0 Å². The molecule has 0 aliphatic heterocycles. The van der Waals surface area contributed by atoms with Crippen molar-refractivity contribution in [2.24, 2.45) is 0 Å². The highest BCUT2D eigenvalue weighted by atomic mass is 32.2. The van der Waals surface area contributed by atoms with Gasteiger partial charge in [0.1, 0.15) is 8.24 Å². The minimum Gasteiger partial charge on any atom is -0.415 e. The third-order valence-corrected chi connectivity index (χ3v) is 17.9. The van der Waals surface area contributed by atoms with E-state index in [4.69, 9.17) is 4.43 Å². The maximum absolute atomic E-state index is 12.7. The molecule has 0 amide bonds. The molecule has 1 aromatic rings. The Bertz CT molecular complexity index is 714. The predicted octanol–water partition coefficient (Wildman–Crippen LogP) is 4.19. The molecule has 0 aliphatic carbocycles. The molecule has 1 heterocycles. The largest absolute Gasteiger partial charge is 0.415 e. The van der Waals surface area contributed by atoms with Gasteiger partial charge in [-0.15, -0.1) is 0 Å². The fourth-order valence-corrected chi connectivity index (χ4v) is 7.58. The van der Waals surface area contributed by atoms with E-state index in [0.29, 0.717) is 13.2 Å². The van der Waals surface area contributed by atoms with Crippen molar-refractivity contribution in [3.63, 3.8) is 0 Å². The molecular weight excluding hydrogens is 382 g/mol. The average molecular weight is 420 g/mol. The molecule has 26 heavy (non-hydrogen) atoms. The molecule has 1 aromatic heterocycles. The standard InChI is InChI=1S/C17H37N3O3SSi2/c1-16(2,3)25(7,8)19-24(21,22)15-11-12-20(18-15)13-14-23-26(9,10)17(4,5)6/h11-12,19H,13-14H2,1-10H3. The molecule has 6 nitrogen and oxygen atoms in total. The summed E-state index contributed by atoms with van der Waals surface area (Å²) in [6.45, 7) is 22.3. The van der Waals surface area contributed by atoms with E-state index in [-0.39, 0.29) is 15.1 Å². The van der Waals surface area contributed by atoms with Crippen LogP contribution in [-0.2, 0) is 21.0 Å². The van der Waals surface area contributed by atoms with E-state index in [0.717, 1.165) is 0 Å². The van der Waals surface area contributed by atoms with Crippen LogP contribution >= 0.6 is 0 Å². The van der Waals surface area contributed by atoms with Gasteiger partial charge in [-0.1, -0.05) is 54.6 Å². The first-order chi connectivity index (χ1) is 11.4. The molecule has 1 N–H and O–H groups in total. The third kappa shape index (κ3) is 5.75. The second kappa shape index (κ2) is 7.50. The number of nitrogens with one attached hydrogen (secondary N) is 1. The molecule has 9 heteroatoms. The van der Waals surface area contributed by atoms with Gasteiger partial charge in [-0.25, -0.2) is 12.8 Å². The monoisotopic (exact) mass is 419 g/mol. The van der Waals surface area contributed by atoms with E-state index in [1.807, 2.05) is 13.1 Å². The van der Waals surface area contributed by atoms with Gasteiger partial charge in [0.25, 0.3) is 10.0 Å². The lowest BCUT2D eigenvalue weighted by Gasteiger charge is -2.36. The van der Waals surface area contributed by atoms with Crippen LogP contribution < -0.4 is 4.39 Å². The first-order valence-electron chi connectivity index (χ1n) is 9.10. The van der Waals surface area contributed by atoms with Crippen LogP contribution in [0.3, 0.4) is 0 Å². The maximum atomic E-state index is 12.7. The molecule has 0 aliphatic rings. The lowest BCUT2D eigenvalue weighted by Crippen LogP contribution is -2.54. The SMILES string of the molecule is CC(C)(C)[Si](C)(C)NS(=O)(=O)c1ccn(CCO[Si](C)(C)C(C)(C)C)n1. The average Bonchev–Trinajstić information content (AvgIpc) is 2.84. The van der Waals surface area contributed by atoms with Crippen LogP contribution in [-0.4, -0.2) is 41.4 Å². The maximum Gasteiger partial charge on any atom is 0.253 e. The lowest BCUT2D eigenvalue weighted by atomic mass is 10.2. The number of hydrogen-bond acceptors (Lipinski definition) is 4. The van der Waals surface area contributed by atoms with Crippen LogP contribution in [0.1, 0.15) is 41.5 Å². The molecule has 0 spiro atoms. The van der Waals surface area contributed by atoms with E-state index in [1.54, 1.807) is 16.9 Å². The first kappa shape index (κ1) is 23.6. The van der Waals surface area contributed by atoms with Crippen LogP contribution in [0.15, 0.2) is 17.3 Å². The smallest absolute Gasteiger partial charge is 0.253 e. The topological polar surface area (TPSA) is 73.2 Å². The second-order valence-electron chi connectivity index (χ2n) is 10.0. The second-order valence-corrected chi connectivity index (χ2v) is 21.8. The zero-order valence-corrected chi connectivity index (χ0v) is 20.9. The van der Waals surface area contributed by atoms with Crippen LogP contribution in [0.25, 0.3) is 0 Å². The number of hydrogen-bond donors (Lipinski definition) is 1. The Morgan fingerprint density at radius 1 is 1.08 bits per heavy atom. The first-order valence-corrected chi connectivity index (χ1v) is 16.5. The van der Waals surface area contributed by atoms with E-state index < -0.39 is 26.6 Å². The molecule has 0 saturated carbocycles. The molecule has 0 radical (unpaired) electrons. The van der Waals surface area contributed by atoms with E-state index in [9.17, 15) is 8.42 Å². The fraction of sp³-hybridized carbons (Fsp3) is 0.824. The van der Waals surface area contributed by atoms with Crippen LogP contribution in [0.5, 0.6) is 0 Å². The molecule has 0 saturated heterocycles. The summed E-state index contributed by atoms with van der Waals surface area (Å²) in [6.07, 6.45) is 1.70. The Morgan fingerprint density at radius 2 is 1.62 bits per heavy atom. The summed E-state index contributed by atoms with van der Waals surface area (Å²) in [5, 5.41) is 4.40. The molecule has 152 valence electrons. The summed E-state index contributed by atoms with van der Waals surface area (Å²) >= 11 is 0. The van der Waals surface area contributed by atoms with Gasteiger partial charge < -0.3 is 4.43 Å². The Balaban J connectivity index is 2.79. The molecule has 0 fully saturated rings. The quantitative estimate of drug-likeness (QED) is 0.673. The zero-order valence-electron chi connectivity index (χ0n) is 18.1. The van der Waals surface area contributed by atoms with Crippen LogP contribution in [0, 0.1) is 0 Å². The molecular formula is C17H37N3O3SSi2. The normalized spacial score (nSPS) is 14.7. The zero-order chi connectivity index (χ0) is 20.6. The Hall–Kier alpha value is -0.486. The van der Waals surface area contributed by atoms with Gasteiger partial charge in [0, 0.05) is 6.20 Å². The van der Waals surface area contributed by atoms with Gasteiger partial charge in [0.2, 0.25) is 0 Å². The molecule has 0 unspecified atom stereocenters. The fourth-order valence-electron chi connectivity index (χ4n) is 1.76. The number of rotatable bonds is 7. The Labute approximate surface area is 162 Å². The lowest BCUT2D eigenvalue weighted by molar-refractivity contribution is 0.265. The highest BCUT2D eigenvalue weighted by molar-refractivity contribution is 7.90. The summed E-state index contributed by atoms with van der Waals surface area (Å²) in [6, 6.07) is 1.56. The Morgan fingerprint density at radius 3 is 2.08 bits per heavy atom. The predicted molar refractivity (Wildman–Crippen MR) is 113 cm³/mol. The van der Waals surface area contributed by atoms with Crippen LogP contribution in [0.4, 0.5) is 0 Å². The summed E-state index contributed by atoms with van der Waals surface area (Å²) in [4.78, 5) is 0. The Kier molecular flexibility index (Phi) is 6.79. The highest BCUT2D eigenvalue weighted by Crippen LogP contribution is 2.36. The molecule has 1 rings (SSSR count). The van der Waals surface area contributed by atoms with Gasteiger partial charge in [-0.2, -0.15) is 5.10 Å². The van der Waals surface area contributed by atoms with Crippen molar-refractivity contribution in [3.05, 3.63) is 12.3 Å². The van der Waals surface area contributed by atoms with E-state index in [2.05, 4.69) is 64.1 Å². The number of sulfonamides is 1. The summed E-state index contributed by atoms with van der Waals surface area (Å²) in [5.74, 6) is 0. The van der Waals surface area contributed by atoms with Crippen molar-refractivity contribution in [2.45, 2.75) is 89.4 Å². The van der Waals surface area contributed by atoms with Crippen molar-refractivity contribution < 1.29 is 12.8 Å². The summed E-state index contributed by atoms with van der Waals surface area (Å²) in [5.41, 5.74) is 0. The van der Waals surface area contributed by atoms with Crippen molar-refractivity contribution >= 4 is 26.6 Å². The van der Waals surface area contributed by atoms with Gasteiger partial charge in [-0.3, -0.25) is 4.68 Å². The van der Waals surface area contributed by atoms with Gasteiger partial charge in [-0.05, 0) is 29.2 Å². The summed E-state index contributed by atoms with van der Waals surface area (Å²) < 4.78 is 36.1.